The molecule has 3 nitrogen and oxygen atoms in total. The highest BCUT2D eigenvalue weighted by Crippen LogP contribution is 2.49. The zero-order valence-corrected chi connectivity index (χ0v) is 12.5. The molecule has 0 spiro atoms. The van der Waals surface area contributed by atoms with Crippen LogP contribution in [0.4, 0.5) is 0 Å². The molecular weight excluding hydrogens is 262 g/mol. The second-order valence-electron chi connectivity index (χ2n) is 6.78. The standard InChI is InChI=1S/C18H25NO2/c20-12-17(10-13-4-2-1-3-5-13)19-18(21)11-16-9-14-6-7-15(16)8-14/h1-5,14-17,20H,6-12H2,(H,19,21)/t14?,15?,16?,17-/m1/s1. The van der Waals surface area contributed by atoms with Gasteiger partial charge in [0, 0.05) is 6.42 Å². The number of aliphatic hydroxyl groups is 1. The lowest BCUT2D eigenvalue weighted by atomic mass is 9.86. The Morgan fingerprint density at radius 1 is 1.24 bits per heavy atom. The second-order valence-corrected chi connectivity index (χ2v) is 6.78. The van der Waals surface area contributed by atoms with Crippen molar-refractivity contribution >= 4 is 5.91 Å². The number of hydrogen-bond acceptors (Lipinski definition) is 2. The number of carbonyl (C=O) groups is 1. The number of amides is 1. The minimum atomic E-state index is -0.168. The summed E-state index contributed by atoms with van der Waals surface area (Å²) in [5.74, 6) is 2.36. The van der Waals surface area contributed by atoms with E-state index in [1.54, 1.807) is 0 Å². The molecule has 3 heteroatoms. The molecule has 4 atom stereocenters. The first-order valence-corrected chi connectivity index (χ1v) is 8.18. The molecule has 2 saturated carbocycles. The lowest BCUT2D eigenvalue weighted by Gasteiger charge is -2.23. The van der Waals surface area contributed by atoms with Gasteiger partial charge >= 0.3 is 0 Å². The average molecular weight is 287 g/mol. The van der Waals surface area contributed by atoms with E-state index in [1.807, 2.05) is 30.3 Å². The lowest BCUT2D eigenvalue weighted by Crippen LogP contribution is -2.40. The molecule has 1 aromatic carbocycles. The van der Waals surface area contributed by atoms with Crippen molar-refractivity contribution in [2.24, 2.45) is 17.8 Å². The third kappa shape index (κ3) is 3.65. The molecule has 1 aromatic rings. The van der Waals surface area contributed by atoms with Crippen LogP contribution in [0.2, 0.25) is 0 Å². The first-order valence-electron chi connectivity index (χ1n) is 8.18. The van der Waals surface area contributed by atoms with Gasteiger partial charge in [0.25, 0.3) is 0 Å². The summed E-state index contributed by atoms with van der Waals surface area (Å²) in [5.41, 5.74) is 1.15. The number of nitrogens with one attached hydrogen (secondary N) is 1. The SMILES string of the molecule is O=C(CC1CC2CCC1C2)N[C@@H](CO)Cc1ccccc1. The number of rotatable bonds is 6. The third-order valence-electron chi connectivity index (χ3n) is 5.24. The monoisotopic (exact) mass is 287 g/mol. The molecule has 2 aliphatic carbocycles. The fourth-order valence-corrected chi connectivity index (χ4v) is 4.21. The molecule has 2 fully saturated rings. The van der Waals surface area contributed by atoms with Crippen LogP contribution in [0.3, 0.4) is 0 Å². The van der Waals surface area contributed by atoms with Crippen LogP contribution in [0.15, 0.2) is 30.3 Å². The Labute approximate surface area is 126 Å². The molecule has 0 aliphatic heterocycles. The first kappa shape index (κ1) is 14.6. The summed E-state index contributed by atoms with van der Waals surface area (Å²) in [6, 6.07) is 9.85. The van der Waals surface area contributed by atoms with E-state index in [0.29, 0.717) is 18.8 Å². The highest BCUT2D eigenvalue weighted by atomic mass is 16.3. The van der Waals surface area contributed by atoms with Crippen molar-refractivity contribution in [3.8, 4) is 0 Å². The molecule has 3 rings (SSSR count). The third-order valence-corrected chi connectivity index (χ3v) is 5.24. The molecule has 1 amide bonds. The van der Waals surface area contributed by atoms with Crippen LogP contribution in [0.5, 0.6) is 0 Å². The molecule has 0 saturated heterocycles. The van der Waals surface area contributed by atoms with Gasteiger partial charge in [-0.2, -0.15) is 0 Å². The number of fused-ring (bicyclic) bond motifs is 2. The van der Waals surface area contributed by atoms with E-state index in [4.69, 9.17) is 0 Å². The number of hydrogen-bond donors (Lipinski definition) is 2. The van der Waals surface area contributed by atoms with E-state index >= 15 is 0 Å². The maximum absolute atomic E-state index is 12.2. The molecule has 0 radical (unpaired) electrons. The fraction of sp³-hybridized carbons (Fsp3) is 0.611. The Balaban J connectivity index is 1.48. The predicted octanol–water partition coefficient (Wildman–Crippen LogP) is 2.53. The Morgan fingerprint density at radius 3 is 2.67 bits per heavy atom. The lowest BCUT2D eigenvalue weighted by molar-refractivity contribution is -0.123. The van der Waals surface area contributed by atoms with Crippen LogP contribution in [0.25, 0.3) is 0 Å². The largest absolute Gasteiger partial charge is 0.394 e. The van der Waals surface area contributed by atoms with Crippen LogP contribution in [-0.2, 0) is 11.2 Å². The molecule has 2 aliphatic rings. The summed E-state index contributed by atoms with van der Waals surface area (Å²) in [5, 5.41) is 12.5. The summed E-state index contributed by atoms with van der Waals surface area (Å²) < 4.78 is 0. The van der Waals surface area contributed by atoms with Crippen molar-refractivity contribution in [3.63, 3.8) is 0 Å². The molecule has 0 aromatic heterocycles. The van der Waals surface area contributed by atoms with Gasteiger partial charge in [-0.25, -0.2) is 0 Å². The Morgan fingerprint density at radius 2 is 2.05 bits per heavy atom. The van der Waals surface area contributed by atoms with Crippen molar-refractivity contribution in [2.45, 2.75) is 44.6 Å². The Kier molecular flexibility index (Phi) is 4.59. The van der Waals surface area contributed by atoms with E-state index in [-0.39, 0.29) is 18.6 Å². The molecule has 0 heterocycles. The van der Waals surface area contributed by atoms with Gasteiger partial charge in [-0.15, -0.1) is 0 Å². The van der Waals surface area contributed by atoms with Crippen LogP contribution in [-0.4, -0.2) is 23.7 Å². The maximum Gasteiger partial charge on any atom is 0.220 e. The van der Waals surface area contributed by atoms with Gasteiger partial charge in [0.2, 0.25) is 5.91 Å². The smallest absolute Gasteiger partial charge is 0.220 e. The van der Waals surface area contributed by atoms with Crippen LogP contribution in [0.1, 0.15) is 37.7 Å². The summed E-state index contributed by atoms with van der Waals surface area (Å²) in [4.78, 5) is 12.2. The van der Waals surface area contributed by atoms with Gasteiger partial charge < -0.3 is 10.4 Å². The van der Waals surface area contributed by atoms with Crippen molar-refractivity contribution in [1.82, 2.24) is 5.32 Å². The summed E-state index contributed by atoms with van der Waals surface area (Å²) in [6.07, 6.45) is 6.60. The maximum atomic E-state index is 12.2. The van der Waals surface area contributed by atoms with Crippen molar-refractivity contribution in [2.75, 3.05) is 6.61 Å². The normalized spacial score (nSPS) is 28.5. The Hall–Kier alpha value is -1.35. The summed E-state index contributed by atoms with van der Waals surface area (Å²) in [7, 11) is 0. The van der Waals surface area contributed by atoms with Crippen molar-refractivity contribution < 1.29 is 9.90 Å². The zero-order chi connectivity index (χ0) is 14.7. The summed E-state index contributed by atoms with van der Waals surface area (Å²) >= 11 is 0. The fourth-order valence-electron chi connectivity index (χ4n) is 4.21. The molecule has 2 bridgehead atoms. The van der Waals surface area contributed by atoms with E-state index in [2.05, 4.69) is 5.32 Å². The number of aliphatic hydroxyl groups excluding tert-OH is 1. The topological polar surface area (TPSA) is 49.3 Å². The quantitative estimate of drug-likeness (QED) is 0.844. The molecule has 21 heavy (non-hydrogen) atoms. The van der Waals surface area contributed by atoms with Crippen LogP contribution in [0, 0.1) is 17.8 Å². The highest BCUT2D eigenvalue weighted by molar-refractivity contribution is 5.76. The van der Waals surface area contributed by atoms with E-state index < -0.39 is 0 Å². The van der Waals surface area contributed by atoms with Gasteiger partial charge in [-0.1, -0.05) is 36.8 Å². The van der Waals surface area contributed by atoms with Gasteiger partial charge in [0.1, 0.15) is 0 Å². The molecular formula is C18H25NO2. The van der Waals surface area contributed by atoms with Crippen LogP contribution >= 0.6 is 0 Å². The molecule has 3 unspecified atom stereocenters. The predicted molar refractivity (Wildman–Crippen MR) is 82.7 cm³/mol. The van der Waals surface area contributed by atoms with Gasteiger partial charge in [-0.05, 0) is 49.0 Å². The van der Waals surface area contributed by atoms with Crippen LogP contribution < -0.4 is 5.32 Å². The Bertz CT molecular complexity index is 473. The van der Waals surface area contributed by atoms with E-state index in [1.165, 1.54) is 25.7 Å². The number of carbonyl (C=O) groups excluding carboxylic acids is 1. The minimum Gasteiger partial charge on any atom is -0.394 e. The molecule has 114 valence electrons. The van der Waals surface area contributed by atoms with Gasteiger partial charge in [-0.3, -0.25) is 4.79 Å². The minimum absolute atomic E-state index is 0.00262. The zero-order valence-electron chi connectivity index (χ0n) is 12.5. The molecule has 2 N–H and O–H groups in total. The van der Waals surface area contributed by atoms with E-state index in [9.17, 15) is 9.90 Å². The second kappa shape index (κ2) is 6.61. The van der Waals surface area contributed by atoms with Gasteiger partial charge in [0.05, 0.1) is 12.6 Å². The number of benzene rings is 1. The summed E-state index contributed by atoms with van der Waals surface area (Å²) in [6.45, 7) is -0.00262. The van der Waals surface area contributed by atoms with Crippen molar-refractivity contribution in [1.29, 1.82) is 0 Å². The highest BCUT2D eigenvalue weighted by Gasteiger charge is 2.40. The van der Waals surface area contributed by atoms with Crippen molar-refractivity contribution in [3.05, 3.63) is 35.9 Å². The van der Waals surface area contributed by atoms with Gasteiger partial charge in [0.15, 0.2) is 0 Å². The first-order chi connectivity index (χ1) is 10.2. The average Bonchev–Trinajstić information content (AvgIpc) is 3.10. The van der Waals surface area contributed by atoms with E-state index in [0.717, 1.165) is 17.4 Å².